The standard InChI is InChI=1S/C21H26N2O4S/c1-26-19-12-17(13-20(14-19)27-2)15-22-10-8-21(16-22)9-11-23(28(21,24)25)18-6-4-3-5-7-18/h3-7,12-14H,8-11,15-16H2,1-2H3. The number of likely N-dealkylation sites (tertiary alicyclic amines) is 1. The van der Waals surface area contributed by atoms with Crippen LogP contribution in [0.2, 0.25) is 0 Å². The smallest absolute Gasteiger partial charge is 0.242 e. The van der Waals surface area contributed by atoms with Gasteiger partial charge in [-0.25, -0.2) is 8.42 Å². The van der Waals surface area contributed by atoms with Gasteiger partial charge < -0.3 is 9.47 Å². The van der Waals surface area contributed by atoms with Crippen LogP contribution in [0, 0.1) is 0 Å². The maximum absolute atomic E-state index is 13.4. The number of ether oxygens (including phenoxy) is 2. The molecule has 28 heavy (non-hydrogen) atoms. The summed E-state index contributed by atoms with van der Waals surface area (Å²) in [6.45, 7) is 2.54. The second-order valence-electron chi connectivity index (χ2n) is 7.53. The Balaban J connectivity index is 1.53. The number of hydrogen-bond donors (Lipinski definition) is 0. The Hall–Kier alpha value is -2.25. The first kappa shape index (κ1) is 19.1. The molecule has 150 valence electrons. The highest BCUT2D eigenvalue weighted by molar-refractivity contribution is 7.94. The summed E-state index contributed by atoms with van der Waals surface area (Å²) in [7, 11) is -0.126. The van der Waals surface area contributed by atoms with Crippen molar-refractivity contribution in [2.75, 3.05) is 38.2 Å². The van der Waals surface area contributed by atoms with E-state index in [1.54, 1.807) is 18.5 Å². The number of sulfonamides is 1. The summed E-state index contributed by atoms with van der Waals surface area (Å²) in [5.41, 5.74) is 1.82. The predicted molar refractivity (Wildman–Crippen MR) is 109 cm³/mol. The van der Waals surface area contributed by atoms with E-state index >= 15 is 0 Å². The molecule has 0 aliphatic carbocycles. The average Bonchev–Trinajstić information content (AvgIpc) is 3.23. The number of methoxy groups -OCH3 is 2. The lowest BCUT2D eigenvalue weighted by Crippen LogP contribution is -2.42. The molecule has 2 aliphatic rings. The number of anilines is 1. The van der Waals surface area contributed by atoms with Gasteiger partial charge in [0, 0.05) is 32.2 Å². The molecule has 2 fully saturated rings. The molecular formula is C21H26N2O4S. The second-order valence-corrected chi connectivity index (χ2v) is 9.78. The molecule has 1 atom stereocenters. The van der Waals surface area contributed by atoms with Crippen LogP contribution in [0.15, 0.2) is 48.5 Å². The summed E-state index contributed by atoms with van der Waals surface area (Å²) >= 11 is 0. The lowest BCUT2D eigenvalue weighted by molar-refractivity contribution is 0.317. The van der Waals surface area contributed by atoms with Crippen LogP contribution in [0.3, 0.4) is 0 Å². The van der Waals surface area contributed by atoms with Gasteiger partial charge >= 0.3 is 0 Å². The van der Waals surface area contributed by atoms with Crippen LogP contribution in [0.1, 0.15) is 18.4 Å². The highest BCUT2D eigenvalue weighted by atomic mass is 32.2. The van der Waals surface area contributed by atoms with E-state index in [0.29, 0.717) is 32.5 Å². The molecule has 0 aromatic heterocycles. The normalized spacial score (nSPS) is 24.0. The second kappa shape index (κ2) is 7.29. The first-order valence-electron chi connectivity index (χ1n) is 9.49. The Bertz CT molecular complexity index is 926. The molecule has 2 heterocycles. The Kier molecular flexibility index (Phi) is 4.97. The van der Waals surface area contributed by atoms with Gasteiger partial charge in [-0.15, -0.1) is 0 Å². The van der Waals surface area contributed by atoms with Crippen molar-refractivity contribution in [2.45, 2.75) is 24.1 Å². The number of para-hydroxylation sites is 1. The Morgan fingerprint density at radius 1 is 0.964 bits per heavy atom. The van der Waals surface area contributed by atoms with Gasteiger partial charge in [0.2, 0.25) is 10.0 Å². The van der Waals surface area contributed by atoms with Crippen LogP contribution in [0.5, 0.6) is 11.5 Å². The Morgan fingerprint density at radius 2 is 1.61 bits per heavy atom. The summed E-state index contributed by atoms with van der Waals surface area (Å²) < 4.78 is 38.4. The molecule has 0 bridgehead atoms. The van der Waals surface area contributed by atoms with Crippen molar-refractivity contribution in [1.82, 2.24) is 4.90 Å². The van der Waals surface area contributed by atoms with Gasteiger partial charge in [-0.2, -0.15) is 0 Å². The maximum atomic E-state index is 13.4. The predicted octanol–water partition coefficient (Wildman–Crippen LogP) is 2.89. The molecule has 1 spiro atoms. The molecule has 7 heteroatoms. The molecule has 6 nitrogen and oxygen atoms in total. The minimum absolute atomic E-state index is 0.549. The average molecular weight is 403 g/mol. The van der Waals surface area contributed by atoms with E-state index in [1.807, 2.05) is 48.5 Å². The van der Waals surface area contributed by atoms with E-state index in [1.165, 1.54) is 0 Å². The zero-order chi connectivity index (χ0) is 19.8. The van der Waals surface area contributed by atoms with Gasteiger partial charge in [0.25, 0.3) is 0 Å². The minimum Gasteiger partial charge on any atom is -0.497 e. The molecule has 4 rings (SSSR count). The maximum Gasteiger partial charge on any atom is 0.242 e. The van der Waals surface area contributed by atoms with E-state index in [-0.39, 0.29) is 0 Å². The fraction of sp³-hybridized carbons (Fsp3) is 0.429. The molecule has 2 aromatic carbocycles. The van der Waals surface area contributed by atoms with Crippen molar-refractivity contribution in [3.05, 3.63) is 54.1 Å². The summed E-state index contributed by atoms with van der Waals surface area (Å²) in [5, 5.41) is 0. The number of hydrogen-bond acceptors (Lipinski definition) is 5. The lowest BCUT2D eigenvalue weighted by atomic mass is 10.0. The van der Waals surface area contributed by atoms with E-state index in [4.69, 9.17) is 9.47 Å². The quantitative estimate of drug-likeness (QED) is 0.770. The molecule has 1 unspecified atom stereocenters. The van der Waals surface area contributed by atoms with Crippen molar-refractivity contribution in [1.29, 1.82) is 0 Å². The van der Waals surface area contributed by atoms with Gasteiger partial charge in [-0.3, -0.25) is 9.21 Å². The fourth-order valence-corrected chi connectivity index (χ4v) is 6.59. The summed E-state index contributed by atoms with van der Waals surface area (Å²) in [4.78, 5) is 2.22. The first-order chi connectivity index (χ1) is 13.5. The number of benzene rings is 2. The molecular weight excluding hydrogens is 376 g/mol. The summed E-state index contributed by atoms with van der Waals surface area (Å²) in [6, 6.07) is 15.2. The van der Waals surface area contributed by atoms with Gasteiger partial charge in [-0.1, -0.05) is 18.2 Å². The summed E-state index contributed by atoms with van der Waals surface area (Å²) in [6.07, 6.45) is 1.34. The van der Waals surface area contributed by atoms with E-state index in [0.717, 1.165) is 29.3 Å². The third-order valence-electron chi connectivity index (χ3n) is 5.86. The van der Waals surface area contributed by atoms with Crippen LogP contribution >= 0.6 is 0 Å². The third kappa shape index (κ3) is 3.22. The van der Waals surface area contributed by atoms with Crippen molar-refractivity contribution in [3.63, 3.8) is 0 Å². The molecule has 0 N–H and O–H groups in total. The van der Waals surface area contributed by atoms with Gasteiger partial charge in [-0.05, 0) is 42.7 Å². The highest BCUT2D eigenvalue weighted by Crippen LogP contribution is 2.43. The van der Waals surface area contributed by atoms with Crippen LogP contribution in [-0.2, 0) is 16.6 Å². The van der Waals surface area contributed by atoms with E-state index < -0.39 is 14.8 Å². The number of rotatable bonds is 5. The topological polar surface area (TPSA) is 59.1 Å². The minimum atomic E-state index is -3.39. The van der Waals surface area contributed by atoms with Gasteiger partial charge in [0.1, 0.15) is 16.2 Å². The third-order valence-corrected chi connectivity index (χ3v) is 8.47. The zero-order valence-corrected chi connectivity index (χ0v) is 17.1. The van der Waals surface area contributed by atoms with Crippen LogP contribution in [0.25, 0.3) is 0 Å². The van der Waals surface area contributed by atoms with E-state index in [9.17, 15) is 8.42 Å². The van der Waals surface area contributed by atoms with Crippen LogP contribution in [-0.4, -0.2) is 51.9 Å². The van der Waals surface area contributed by atoms with Gasteiger partial charge in [0.15, 0.2) is 0 Å². The van der Waals surface area contributed by atoms with E-state index in [2.05, 4.69) is 4.90 Å². The van der Waals surface area contributed by atoms with Crippen LogP contribution < -0.4 is 13.8 Å². The molecule has 2 aliphatic heterocycles. The first-order valence-corrected chi connectivity index (χ1v) is 10.9. The van der Waals surface area contributed by atoms with Gasteiger partial charge in [0.05, 0.1) is 19.9 Å². The van der Waals surface area contributed by atoms with Crippen molar-refractivity contribution < 1.29 is 17.9 Å². The van der Waals surface area contributed by atoms with Crippen molar-refractivity contribution in [3.8, 4) is 11.5 Å². The SMILES string of the molecule is COc1cc(CN2CCC3(CCN(c4ccccc4)S3(=O)=O)C2)cc(OC)c1. The number of nitrogens with zero attached hydrogens (tertiary/aromatic N) is 2. The lowest BCUT2D eigenvalue weighted by Gasteiger charge is -2.26. The summed E-state index contributed by atoms with van der Waals surface area (Å²) in [5.74, 6) is 1.49. The zero-order valence-electron chi connectivity index (χ0n) is 16.3. The fourth-order valence-electron chi connectivity index (χ4n) is 4.34. The molecule has 0 amide bonds. The largest absolute Gasteiger partial charge is 0.497 e. The molecule has 2 aromatic rings. The van der Waals surface area contributed by atoms with Crippen LogP contribution in [0.4, 0.5) is 5.69 Å². The van der Waals surface area contributed by atoms with Crippen molar-refractivity contribution >= 4 is 15.7 Å². The Labute approximate surface area is 166 Å². The van der Waals surface area contributed by atoms with Crippen molar-refractivity contribution in [2.24, 2.45) is 0 Å². The monoisotopic (exact) mass is 402 g/mol. The highest BCUT2D eigenvalue weighted by Gasteiger charge is 2.55. The molecule has 0 saturated carbocycles. The molecule has 0 radical (unpaired) electrons. The molecule has 2 saturated heterocycles. The Morgan fingerprint density at radius 3 is 2.25 bits per heavy atom.